The van der Waals surface area contributed by atoms with Gasteiger partial charge in [-0.05, 0) is 32.1 Å². The zero-order valence-electron chi connectivity index (χ0n) is 14.9. The number of amides is 2. The van der Waals surface area contributed by atoms with Crippen LogP contribution in [0, 0.1) is 0 Å². The van der Waals surface area contributed by atoms with E-state index in [1.165, 1.54) is 24.4 Å². The van der Waals surface area contributed by atoms with E-state index in [1.807, 2.05) is 0 Å². The first-order valence-corrected chi connectivity index (χ1v) is 9.45. The van der Waals surface area contributed by atoms with Crippen LogP contribution in [0.3, 0.4) is 0 Å². The van der Waals surface area contributed by atoms with E-state index in [0.29, 0.717) is 19.0 Å². The number of carbonyl (C=O) groups is 2. The molecule has 7 heteroatoms. The smallest absolute Gasteiger partial charge is 0.242 e. The van der Waals surface area contributed by atoms with Crippen LogP contribution in [0.15, 0.2) is 0 Å². The maximum Gasteiger partial charge on any atom is 0.242 e. The first kappa shape index (κ1) is 16.6. The molecule has 1 atom stereocenters. The van der Waals surface area contributed by atoms with Crippen LogP contribution in [0.5, 0.6) is 0 Å². The van der Waals surface area contributed by atoms with Crippen LogP contribution >= 0.6 is 0 Å². The van der Waals surface area contributed by atoms with Crippen molar-refractivity contribution in [2.45, 2.75) is 57.0 Å². The third-order valence-electron chi connectivity index (χ3n) is 5.55. The molecule has 3 aliphatic rings. The van der Waals surface area contributed by atoms with E-state index in [-0.39, 0.29) is 17.9 Å². The molecule has 1 saturated heterocycles. The Morgan fingerprint density at radius 1 is 1.32 bits per heavy atom. The van der Waals surface area contributed by atoms with E-state index in [0.717, 1.165) is 44.5 Å². The second kappa shape index (κ2) is 6.78. The van der Waals surface area contributed by atoms with E-state index in [9.17, 15) is 9.59 Å². The summed E-state index contributed by atoms with van der Waals surface area (Å²) < 4.78 is 2.26. The minimum Gasteiger partial charge on any atom is -0.354 e. The highest BCUT2D eigenvalue weighted by molar-refractivity contribution is 5.88. The lowest BCUT2D eigenvalue weighted by Gasteiger charge is -2.26. The Hall–Kier alpha value is -1.89. The Kier molecular flexibility index (Phi) is 4.50. The van der Waals surface area contributed by atoms with Gasteiger partial charge in [-0.25, -0.2) is 4.98 Å². The molecule has 3 heterocycles. The molecule has 0 aromatic carbocycles. The lowest BCUT2D eigenvalue weighted by atomic mass is 10.1. The van der Waals surface area contributed by atoms with Crippen LogP contribution < -0.4 is 10.6 Å². The number of hydrogen-bond acceptors (Lipinski definition) is 4. The summed E-state index contributed by atoms with van der Waals surface area (Å²) in [6, 6.07) is -0.383. The summed E-state index contributed by atoms with van der Waals surface area (Å²) in [6.45, 7) is 2.63. The molecule has 2 N–H and O–H groups in total. The van der Waals surface area contributed by atoms with Crippen molar-refractivity contribution >= 4 is 11.8 Å². The first-order chi connectivity index (χ1) is 12.1. The molecule has 25 heavy (non-hydrogen) atoms. The molecule has 1 aromatic heterocycles. The topological polar surface area (TPSA) is 79.3 Å². The van der Waals surface area contributed by atoms with Crippen LogP contribution in [0.2, 0.25) is 0 Å². The Morgan fingerprint density at radius 3 is 2.96 bits per heavy atom. The number of nitrogens with one attached hydrogen (secondary N) is 2. The lowest BCUT2D eigenvalue weighted by molar-refractivity contribution is -0.129. The van der Waals surface area contributed by atoms with Gasteiger partial charge in [0, 0.05) is 44.7 Å². The van der Waals surface area contributed by atoms with Gasteiger partial charge >= 0.3 is 0 Å². The zero-order valence-corrected chi connectivity index (χ0v) is 14.9. The average Bonchev–Trinajstić information content (AvgIpc) is 3.39. The molecule has 1 aromatic rings. The quantitative estimate of drug-likeness (QED) is 0.830. The standard InChI is InChI=1S/C18H27N5O2/c1-22-15-7-9-23(10-14(15)21-17(22)12-5-6-12)11-16(24)20-13-4-2-3-8-19-18(13)25/h12-13H,2-11H2,1H3,(H,19,25)(H,20,24)/t13-/m0/s1. The number of nitrogens with zero attached hydrogens (tertiary/aromatic N) is 3. The highest BCUT2D eigenvalue weighted by Gasteiger charge is 2.32. The van der Waals surface area contributed by atoms with Crippen molar-refractivity contribution < 1.29 is 9.59 Å². The first-order valence-electron chi connectivity index (χ1n) is 9.45. The summed E-state index contributed by atoms with van der Waals surface area (Å²) in [4.78, 5) is 31.3. The van der Waals surface area contributed by atoms with Gasteiger partial charge in [0.05, 0.1) is 12.2 Å². The summed E-state index contributed by atoms with van der Waals surface area (Å²) in [6.07, 6.45) is 6.11. The Labute approximate surface area is 148 Å². The van der Waals surface area contributed by atoms with Gasteiger partial charge in [0.2, 0.25) is 11.8 Å². The Morgan fingerprint density at radius 2 is 2.16 bits per heavy atom. The fourth-order valence-electron chi connectivity index (χ4n) is 3.96. The molecule has 0 radical (unpaired) electrons. The zero-order chi connectivity index (χ0) is 17.4. The molecule has 0 bridgehead atoms. The number of hydrogen-bond donors (Lipinski definition) is 2. The van der Waals surface area contributed by atoms with E-state index >= 15 is 0 Å². The van der Waals surface area contributed by atoms with E-state index in [1.54, 1.807) is 0 Å². The third-order valence-corrected chi connectivity index (χ3v) is 5.55. The van der Waals surface area contributed by atoms with Gasteiger partial charge in [0.25, 0.3) is 0 Å². The number of fused-ring (bicyclic) bond motifs is 1. The van der Waals surface area contributed by atoms with Crippen LogP contribution in [0.4, 0.5) is 0 Å². The van der Waals surface area contributed by atoms with Crippen molar-refractivity contribution in [3.63, 3.8) is 0 Å². The monoisotopic (exact) mass is 345 g/mol. The molecule has 2 fully saturated rings. The van der Waals surface area contributed by atoms with Gasteiger partial charge in [-0.3, -0.25) is 14.5 Å². The van der Waals surface area contributed by atoms with Gasteiger partial charge in [0.1, 0.15) is 11.9 Å². The van der Waals surface area contributed by atoms with E-state index in [4.69, 9.17) is 4.98 Å². The molecular weight excluding hydrogens is 318 g/mol. The molecule has 0 unspecified atom stereocenters. The number of rotatable bonds is 4. The molecule has 136 valence electrons. The highest BCUT2D eigenvalue weighted by Crippen LogP contribution is 2.40. The molecule has 4 rings (SSSR count). The van der Waals surface area contributed by atoms with Crippen molar-refractivity contribution in [2.24, 2.45) is 7.05 Å². The van der Waals surface area contributed by atoms with Crippen molar-refractivity contribution in [1.82, 2.24) is 25.1 Å². The van der Waals surface area contributed by atoms with Gasteiger partial charge in [-0.15, -0.1) is 0 Å². The van der Waals surface area contributed by atoms with Gasteiger partial charge in [-0.2, -0.15) is 0 Å². The van der Waals surface area contributed by atoms with Crippen LogP contribution in [0.1, 0.15) is 55.2 Å². The molecule has 1 saturated carbocycles. The number of imidazole rings is 1. The van der Waals surface area contributed by atoms with Crippen LogP contribution in [0.25, 0.3) is 0 Å². The SMILES string of the molecule is Cn1c(C2CC2)nc2c1CCN(CC(=O)N[C@H]1CCCCNC1=O)C2. The maximum atomic E-state index is 12.4. The molecule has 1 aliphatic carbocycles. The molecule has 2 aliphatic heterocycles. The number of carbonyl (C=O) groups excluding carboxylic acids is 2. The van der Waals surface area contributed by atoms with E-state index in [2.05, 4.69) is 27.1 Å². The fraction of sp³-hybridized carbons (Fsp3) is 0.722. The van der Waals surface area contributed by atoms with Gasteiger partial charge in [0.15, 0.2) is 0 Å². The second-order valence-corrected chi connectivity index (χ2v) is 7.56. The summed E-state index contributed by atoms with van der Waals surface area (Å²) in [5.74, 6) is 1.74. The summed E-state index contributed by atoms with van der Waals surface area (Å²) in [7, 11) is 2.12. The Balaban J connectivity index is 1.35. The molecular formula is C18H27N5O2. The normalized spacial score (nSPS) is 24.4. The second-order valence-electron chi connectivity index (χ2n) is 7.56. The largest absolute Gasteiger partial charge is 0.354 e. The highest BCUT2D eigenvalue weighted by atomic mass is 16.2. The minimum atomic E-state index is -0.383. The van der Waals surface area contributed by atoms with Crippen LogP contribution in [-0.2, 0) is 29.6 Å². The summed E-state index contributed by atoms with van der Waals surface area (Å²) >= 11 is 0. The fourth-order valence-corrected chi connectivity index (χ4v) is 3.96. The van der Waals surface area contributed by atoms with Crippen LogP contribution in [-0.4, -0.2) is 51.9 Å². The predicted octanol–water partition coefficient (Wildman–Crippen LogP) is 0.441. The summed E-state index contributed by atoms with van der Waals surface area (Å²) in [5, 5.41) is 5.77. The molecule has 2 amide bonds. The van der Waals surface area contributed by atoms with Gasteiger partial charge < -0.3 is 15.2 Å². The van der Waals surface area contributed by atoms with Gasteiger partial charge in [-0.1, -0.05) is 0 Å². The van der Waals surface area contributed by atoms with E-state index < -0.39 is 0 Å². The minimum absolute atomic E-state index is 0.0504. The lowest BCUT2D eigenvalue weighted by Crippen LogP contribution is -2.49. The van der Waals surface area contributed by atoms with Crippen molar-refractivity contribution in [3.8, 4) is 0 Å². The summed E-state index contributed by atoms with van der Waals surface area (Å²) in [5.41, 5.74) is 2.44. The van der Waals surface area contributed by atoms with Crippen molar-refractivity contribution in [2.75, 3.05) is 19.6 Å². The van der Waals surface area contributed by atoms with Crippen molar-refractivity contribution in [1.29, 1.82) is 0 Å². The van der Waals surface area contributed by atoms with Crippen molar-refractivity contribution in [3.05, 3.63) is 17.2 Å². The maximum absolute atomic E-state index is 12.4. The Bertz CT molecular complexity index is 679. The molecule has 0 spiro atoms. The number of aromatic nitrogens is 2. The third kappa shape index (κ3) is 3.56. The average molecular weight is 345 g/mol. The predicted molar refractivity (Wildman–Crippen MR) is 93.0 cm³/mol. The molecule has 7 nitrogen and oxygen atoms in total.